The molecule has 3 rings (SSSR count). The van der Waals surface area contributed by atoms with E-state index >= 15 is 0 Å². The van der Waals surface area contributed by atoms with E-state index in [2.05, 4.69) is 20.1 Å². The number of anilines is 1. The van der Waals surface area contributed by atoms with Crippen molar-refractivity contribution in [1.82, 2.24) is 24.7 Å². The summed E-state index contributed by atoms with van der Waals surface area (Å²) in [6.45, 7) is 4.04. The van der Waals surface area contributed by atoms with Crippen LogP contribution < -0.4 is 4.90 Å². The normalized spacial score (nSPS) is 11.2. The molecule has 0 spiro atoms. The Labute approximate surface area is 117 Å². The number of nitrogens with zero attached hydrogens (tertiary/aromatic N) is 5. The van der Waals surface area contributed by atoms with Crippen LogP contribution in [0.2, 0.25) is 0 Å². The molecular weight excluding hydrogens is 252 g/mol. The number of aromatic amines is 1. The van der Waals surface area contributed by atoms with E-state index in [1.54, 1.807) is 0 Å². The number of hydrogen-bond donors (Lipinski definition) is 1. The fourth-order valence-corrected chi connectivity index (χ4v) is 2.37. The molecule has 0 unspecified atom stereocenters. The van der Waals surface area contributed by atoms with Gasteiger partial charge in [-0.3, -0.25) is 4.68 Å². The Morgan fingerprint density at radius 1 is 1.15 bits per heavy atom. The minimum Gasteiger partial charge on any atom is -0.363 e. The van der Waals surface area contributed by atoms with Gasteiger partial charge in [-0.2, -0.15) is 5.10 Å². The number of rotatable bonds is 2. The molecule has 0 aliphatic heterocycles. The van der Waals surface area contributed by atoms with E-state index in [-0.39, 0.29) is 0 Å². The average molecular weight is 270 g/mol. The van der Waals surface area contributed by atoms with Gasteiger partial charge in [0.05, 0.1) is 16.8 Å². The SMILES string of the molecule is Cc1nn(C)c(C)c1-c1nc2nc(N(C)C)ccc2[nH]1. The monoisotopic (exact) mass is 270 g/mol. The van der Waals surface area contributed by atoms with Gasteiger partial charge in [0.25, 0.3) is 0 Å². The van der Waals surface area contributed by atoms with E-state index < -0.39 is 0 Å². The van der Waals surface area contributed by atoms with E-state index in [1.807, 2.05) is 56.7 Å². The van der Waals surface area contributed by atoms with Gasteiger partial charge in [0.1, 0.15) is 11.6 Å². The third kappa shape index (κ3) is 1.84. The average Bonchev–Trinajstić information content (AvgIpc) is 2.90. The summed E-state index contributed by atoms with van der Waals surface area (Å²) in [4.78, 5) is 14.5. The zero-order valence-corrected chi connectivity index (χ0v) is 12.4. The van der Waals surface area contributed by atoms with Crippen molar-refractivity contribution in [2.45, 2.75) is 13.8 Å². The first-order valence-electron chi connectivity index (χ1n) is 6.52. The van der Waals surface area contributed by atoms with Crippen LogP contribution in [-0.4, -0.2) is 38.8 Å². The smallest absolute Gasteiger partial charge is 0.180 e. The summed E-state index contributed by atoms with van der Waals surface area (Å²) in [6, 6.07) is 3.99. The summed E-state index contributed by atoms with van der Waals surface area (Å²) in [7, 11) is 5.88. The molecule has 0 saturated heterocycles. The second kappa shape index (κ2) is 4.33. The first-order chi connectivity index (χ1) is 9.47. The molecule has 0 aliphatic rings. The minimum atomic E-state index is 0.730. The molecule has 6 heteroatoms. The Bertz CT molecular complexity index is 780. The van der Waals surface area contributed by atoms with Gasteiger partial charge in [0, 0.05) is 26.8 Å². The fraction of sp³-hybridized carbons (Fsp3) is 0.357. The lowest BCUT2D eigenvalue weighted by atomic mass is 10.2. The third-order valence-electron chi connectivity index (χ3n) is 3.54. The molecule has 3 aromatic heterocycles. The molecule has 0 atom stereocenters. The molecular formula is C14H18N6. The largest absolute Gasteiger partial charge is 0.363 e. The lowest BCUT2D eigenvalue weighted by Gasteiger charge is -2.09. The third-order valence-corrected chi connectivity index (χ3v) is 3.54. The van der Waals surface area contributed by atoms with Gasteiger partial charge < -0.3 is 9.88 Å². The van der Waals surface area contributed by atoms with Gasteiger partial charge in [-0.05, 0) is 26.0 Å². The van der Waals surface area contributed by atoms with E-state index in [1.165, 1.54) is 0 Å². The summed E-state index contributed by atoms with van der Waals surface area (Å²) in [6.07, 6.45) is 0. The molecule has 0 saturated carbocycles. The van der Waals surface area contributed by atoms with Crippen LogP contribution in [0.1, 0.15) is 11.4 Å². The van der Waals surface area contributed by atoms with Crippen LogP contribution in [0, 0.1) is 13.8 Å². The van der Waals surface area contributed by atoms with Crippen LogP contribution in [0.25, 0.3) is 22.6 Å². The second-order valence-corrected chi connectivity index (χ2v) is 5.19. The maximum Gasteiger partial charge on any atom is 0.180 e. The summed E-state index contributed by atoms with van der Waals surface area (Å²) in [5, 5.41) is 4.43. The quantitative estimate of drug-likeness (QED) is 0.774. The molecule has 0 fully saturated rings. The van der Waals surface area contributed by atoms with Crippen LogP contribution in [0.3, 0.4) is 0 Å². The highest BCUT2D eigenvalue weighted by Crippen LogP contribution is 2.26. The van der Waals surface area contributed by atoms with Crippen molar-refractivity contribution < 1.29 is 0 Å². The molecule has 1 N–H and O–H groups in total. The van der Waals surface area contributed by atoms with E-state index in [0.717, 1.165) is 39.8 Å². The van der Waals surface area contributed by atoms with Crippen molar-refractivity contribution in [3.63, 3.8) is 0 Å². The number of H-pyrrole nitrogens is 1. The number of imidazole rings is 1. The van der Waals surface area contributed by atoms with Crippen LogP contribution >= 0.6 is 0 Å². The zero-order valence-electron chi connectivity index (χ0n) is 12.4. The van der Waals surface area contributed by atoms with Crippen LogP contribution in [0.4, 0.5) is 5.82 Å². The molecule has 0 aliphatic carbocycles. The Balaban J connectivity index is 2.18. The van der Waals surface area contributed by atoms with E-state index in [0.29, 0.717) is 0 Å². The van der Waals surface area contributed by atoms with Crippen molar-refractivity contribution in [3.8, 4) is 11.4 Å². The number of nitrogens with one attached hydrogen (secondary N) is 1. The van der Waals surface area contributed by atoms with Gasteiger partial charge in [0.15, 0.2) is 5.65 Å². The summed E-state index contributed by atoms with van der Waals surface area (Å²) < 4.78 is 1.87. The maximum absolute atomic E-state index is 4.61. The first kappa shape index (κ1) is 12.7. The fourth-order valence-electron chi connectivity index (χ4n) is 2.37. The number of fused-ring (bicyclic) bond motifs is 1. The van der Waals surface area contributed by atoms with Crippen LogP contribution in [0.5, 0.6) is 0 Å². The Hall–Kier alpha value is -2.37. The molecule has 6 nitrogen and oxygen atoms in total. The Morgan fingerprint density at radius 2 is 1.90 bits per heavy atom. The van der Waals surface area contributed by atoms with Crippen molar-refractivity contribution in [1.29, 1.82) is 0 Å². The van der Waals surface area contributed by atoms with Gasteiger partial charge in [-0.15, -0.1) is 0 Å². The van der Waals surface area contributed by atoms with Crippen LogP contribution in [-0.2, 0) is 7.05 Å². The standard InChI is InChI=1S/C14H18N6/c1-8-12(9(2)20(5)18-8)14-15-10-6-7-11(19(3)4)16-13(10)17-14/h6-7H,1-5H3,(H,15,16,17). The van der Waals surface area contributed by atoms with Crippen LogP contribution in [0.15, 0.2) is 12.1 Å². The Morgan fingerprint density at radius 3 is 2.50 bits per heavy atom. The second-order valence-electron chi connectivity index (χ2n) is 5.19. The number of hydrogen-bond acceptors (Lipinski definition) is 4. The van der Waals surface area contributed by atoms with Gasteiger partial charge in [-0.25, -0.2) is 9.97 Å². The number of aromatic nitrogens is 5. The van der Waals surface area contributed by atoms with Gasteiger partial charge in [0.2, 0.25) is 0 Å². The lowest BCUT2D eigenvalue weighted by Crippen LogP contribution is -2.10. The molecule has 3 heterocycles. The van der Waals surface area contributed by atoms with Crippen molar-refractivity contribution in [2.24, 2.45) is 7.05 Å². The van der Waals surface area contributed by atoms with Crippen molar-refractivity contribution in [3.05, 3.63) is 23.5 Å². The Kier molecular flexibility index (Phi) is 2.74. The predicted octanol–water partition coefficient (Wildman–Crippen LogP) is 2.04. The number of pyridine rings is 1. The first-order valence-corrected chi connectivity index (χ1v) is 6.52. The molecule has 104 valence electrons. The number of aryl methyl sites for hydroxylation is 2. The zero-order chi connectivity index (χ0) is 14.4. The highest BCUT2D eigenvalue weighted by atomic mass is 15.3. The van der Waals surface area contributed by atoms with E-state index in [4.69, 9.17) is 0 Å². The summed E-state index contributed by atoms with van der Waals surface area (Å²) in [5.74, 6) is 1.72. The molecule has 0 aromatic carbocycles. The van der Waals surface area contributed by atoms with Crippen molar-refractivity contribution in [2.75, 3.05) is 19.0 Å². The summed E-state index contributed by atoms with van der Waals surface area (Å²) >= 11 is 0. The summed E-state index contributed by atoms with van der Waals surface area (Å²) in [5.41, 5.74) is 4.78. The maximum atomic E-state index is 4.61. The molecule has 0 bridgehead atoms. The highest BCUT2D eigenvalue weighted by molar-refractivity contribution is 5.78. The lowest BCUT2D eigenvalue weighted by molar-refractivity contribution is 0.731. The van der Waals surface area contributed by atoms with Crippen molar-refractivity contribution >= 4 is 17.0 Å². The highest BCUT2D eigenvalue weighted by Gasteiger charge is 2.16. The minimum absolute atomic E-state index is 0.730. The molecule has 0 amide bonds. The molecule has 3 aromatic rings. The van der Waals surface area contributed by atoms with Gasteiger partial charge >= 0.3 is 0 Å². The molecule has 20 heavy (non-hydrogen) atoms. The topological polar surface area (TPSA) is 62.6 Å². The predicted molar refractivity (Wildman–Crippen MR) is 79.9 cm³/mol. The molecule has 0 radical (unpaired) electrons. The van der Waals surface area contributed by atoms with E-state index in [9.17, 15) is 0 Å². The van der Waals surface area contributed by atoms with Gasteiger partial charge in [-0.1, -0.05) is 0 Å².